The van der Waals surface area contributed by atoms with Gasteiger partial charge in [0.15, 0.2) is 0 Å². The minimum absolute atomic E-state index is 0.524. The normalized spacial score (nSPS) is 12.0. The van der Waals surface area contributed by atoms with E-state index in [4.69, 9.17) is 17.0 Å². The fourth-order valence-corrected chi connectivity index (χ4v) is 6.51. The van der Waals surface area contributed by atoms with Crippen molar-refractivity contribution in [2.24, 2.45) is 0 Å². The van der Waals surface area contributed by atoms with Crippen LogP contribution in [0.2, 0.25) is 0 Å². The van der Waals surface area contributed by atoms with Crippen LogP contribution in [0.15, 0.2) is 91.0 Å². The topological polar surface area (TPSA) is 0 Å². The minimum Gasteiger partial charge on any atom is -0.184 e. The summed E-state index contributed by atoms with van der Waals surface area (Å²) in [5.74, 6) is 1.14. The van der Waals surface area contributed by atoms with Gasteiger partial charge in [-0.15, -0.1) is 40.1 Å². The SMILES string of the molecule is CCC(C)c1cc2c(-c3ccccc3C)c(C(C)C)ccc2[cH-]1.[Cl][Zr+2][Cl].[c-]1cccc2c1[Si]c1ccccc1-2. The zero-order chi connectivity index (χ0) is 27.9. The van der Waals surface area contributed by atoms with Gasteiger partial charge in [-0.2, -0.15) is 35.5 Å². The van der Waals surface area contributed by atoms with E-state index in [9.17, 15) is 0 Å². The van der Waals surface area contributed by atoms with Crippen LogP contribution in [0, 0.1) is 13.0 Å². The second kappa shape index (κ2) is 14.2. The molecule has 0 N–H and O–H groups in total. The molecule has 2 radical (unpaired) electrons. The van der Waals surface area contributed by atoms with Crippen LogP contribution in [0.25, 0.3) is 33.0 Å². The summed E-state index contributed by atoms with van der Waals surface area (Å²) in [5, 5.41) is 5.62. The van der Waals surface area contributed by atoms with Crippen LogP contribution in [0.3, 0.4) is 0 Å². The summed E-state index contributed by atoms with van der Waals surface area (Å²) in [6.07, 6.45) is 1.19. The average Bonchev–Trinajstić information content (AvgIpc) is 3.55. The Hall–Kier alpha value is -1.83. The third-order valence-electron chi connectivity index (χ3n) is 7.50. The van der Waals surface area contributed by atoms with E-state index in [1.54, 1.807) is 0 Å². The van der Waals surface area contributed by atoms with E-state index in [0.717, 1.165) is 9.52 Å². The molecular formula is C35H34Cl2SiZr. The molecule has 0 aromatic heterocycles. The summed E-state index contributed by atoms with van der Waals surface area (Å²) in [5.41, 5.74) is 9.86. The molecule has 1 aliphatic heterocycles. The zero-order valence-electron chi connectivity index (χ0n) is 23.3. The average molecular weight is 645 g/mol. The van der Waals surface area contributed by atoms with E-state index in [2.05, 4.69) is 126 Å². The van der Waals surface area contributed by atoms with Crippen LogP contribution in [0.5, 0.6) is 0 Å². The Kier molecular flexibility index (Phi) is 11.0. The van der Waals surface area contributed by atoms with Gasteiger partial charge in [0.25, 0.3) is 0 Å². The largest absolute Gasteiger partial charge is 0.184 e. The molecule has 5 aromatic rings. The van der Waals surface area contributed by atoms with Crippen LogP contribution in [0.1, 0.15) is 62.6 Å². The van der Waals surface area contributed by atoms with Gasteiger partial charge < -0.3 is 0 Å². The number of fused-ring (bicyclic) bond motifs is 4. The van der Waals surface area contributed by atoms with Crippen LogP contribution in [-0.4, -0.2) is 9.52 Å². The predicted molar refractivity (Wildman–Crippen MR) is 170 cm³/mol. The van der Waals surface area contributed by atoms with E-state index in [1.165, 1.54) is 66.5 Å². The van der Waals surface area contributed by atoms with Gasteiger partial charge >= 0.3 is 37.9 Å². The molecule has 0 aliphatic carbocycles. The molecule has 1 heterocycles. The monoisotopic (exact) mass is 642 g/mol. The molecule has 1 unspecified atom stereocenters. The van der Waals surface area contributed by atoms with Crippen LogP contribution in [0.4, 0.5) is 0 Å². The van der Waals surface area contributed by atoms with Gasteiger partial charge in [-0.1, -0.05) is 105 Å². The molecule has 0 bridgehead atoms. The Morgan fingerprint density at radius 3 is 2.23 bits per heavy atom. The second-order valence-electron chi connectivity index (χ2n) is 10.3. The van der Waals surface area contributed by atoms with Gasteiger partial charge in [-0.05, 0) is 29.9 Å². The van der Waals surface area contributed by atoms with E-state index in [0.29, 0.717) is 11.8 Å². The number of rotatable bonds is 4. The van der Waals surface area contributed by atoms with Crippen molar-refractivity contribution in [3.8, 4) is 22.3 Å². The smallest absolute Gasteiger partial charge is 0.0920 e. The van der Waals surface area contributed by atoms with Crippen molar-refractivity contribution < 1.29 is 20.8 Å². The fraction of sp³-hybridized carbons (Fsp3) is 0.229. The van der Waals surface area contributed by atoms with Gasteiger partial charge in [-0.25, -0.2) is 0 Å². The molecule has 0 saturated carbocycles. The summed E-state index contributed by atoms with van der Waals surface area (Å²) >= 11 is -0.826. The van der Waals surface area contributed by atoms with E-state index in [-0.39, 0.29) is 0 Å². The molecule has 6 rings (SSSR count). The summed E-state index contributed by atoms with van der Waals surface area (Å²) in [6, 6.07) is 36.4. The number of aryl methyl sites for hydroxylation is 1. The minimum atomic E-state index is -0.826. The summed E-state index contributed by atoms with van der Waals surface area (Å²) in [6.45, 7) is 11.4. The van der Waals surface area contributed by atoms with Crippen LogP contribution in [-0.2, 0) is 20.8 Å². The first-order valence-corrected chi connectivity index (χ1v) is 20.8. The molecule has 0 amide bonds. The van der Waals surface area contributed by atoms with Crippen molar-refractivity contribution in [2.45, 2.75) is 52.9 Å². The molecule has 0 fully saturated rings. The maximum atomic E-state index is 4.93. The Bertz CT molecular complexity index is 1490. The predicted octanol–water partition coefficient (Wildman–Crippen LogP) is 9.67. The Labute approximate surface area is 255 Å². The molecule has 39 heavy (non-hydrogen) atoms. The van der Waals surface area contributed by atoms with Crippen molar-refractivity contribution >= 4 is 47.7 Å². The third kappa shape index (κ3) is 6.91. The van der Waals surface area contributed by atoms with Crippen molar-refractivity contribution in [2.75, 3.05) is 0 Å². The number of benzene rings is 4. The van der Waals surface area contributed by atoms with Crippen molar-refractivity contribution in [3.63, 3.8) is 0 Å². The van der Waals surface area contributed by atoms with Crippen molar-refractivity contribution in [1.82, 2.24) is 0 Å². The maximum absolute atomic E-state index is 4.93. The molecule has 5 aromatic carbocycles. The summed E-state index contributed by atoms with van der Waals surface area (Å²) in [7, 11) is 10.7. The van der Waals surface area contributed by atoms with Gasteiger partial charge in [-0.3, -0.25) is 0 Å². The van der Waals surface area contributed by atoms with Gasteiger partial charge in [0.05, 0.1) is 9.52 Å². The Morgan fingerprint density at radius 2 is 1.54 bits per heavy atom. The molecule has 0 saturated heterocycles. The molecule has 1 aliphatic rings. The van der Waals surface area contributed by atoms with Gasteiger partial charge in [0.1, 0.15) is 0 Å². The first kappa shape index (κ1) is 30.1. The van der Waals surface area contributed by atoms with Gasteiger partial charge in [0, 0.05) is 0 Å². The zero-order valence-corrected chi connectivity index (χ0v) is 28.2. The van der Waals surface area contributed by atoms with Crippen LogP contribution >= 0.6 is 17.0 Å². The molecule has 4 heteroatoms. The number of hydrogen-bond acceptors (Lipinski definition) is 0. The molecule has 1 atom stereocenters. The van der Waals surface area contributed by atoms with Gasteiger partial charge in [0.2, 0.25) is 0 Å². The summed E-state index contributed by atoms with van der Waals surface area (Å²) in [4.78, 5) is 0. The van der Waals surface area contributed by atoms with E-state index in [1.807, 2.05) is 6.07 Å². The van der Waals surface area contributed by atoms with E-state index >= 15 is 0 Å². The quantitative estimate of drug-likeness (QED) is 0.132. The Balaban J connectivity index is 0.000000184. The fourth-order valence-electron chi connectivity index (χ4n) is 5.20. The van der Waals surface area contributed by atoms with Crippen molar-refractivity contribution in [3.05, 3.63) is 114 Å². The third-order valence-corrected chi connectivity index (χ3v) is 8.86. The summed E-state index contributed by atoms with van der Waals surface area (Å²) < 4.78 is 0. The number of halogens is 2. The maximum Gasteiger partial charge on any atom is 0.0920 e. The molecular weight excluding hydrogens is 611 g/mol. The van der Waals surface area contributed by atoms with Crippen molar-refractivity contribution in [1.29, 1.82) is 0 Å². The first-order chi connectivity index (χ1) is 18.9. The molecule has 0 nitrogen and oxygen atoms in total. The molecule has 196 valence electrons. The second-order valence-corrected chi connectivity index (χ2v) is 15.3. The van der Waals surface area contributed by atoms with Crippen LogP contribution < -0.4 is 10.4 Å². The Morgan fingerprint density at radius 1 is 0.872 bits per heavy atom. The molecule has 0 spiro atoms. The number of hydrogen-bond donors (Lipinski definition) is 0. The van der Waals surface area contributed by atoms with E-state index < -0.39 is 20.8 Å². The first-order valence-electron chi connectivity index (χ1n) is 13.5. The standard InChI is InChI=1S/C23H27.C12H7Si.2ClH.Zr/c1-6-16(4)19-13-18-11-12-20(15(2)3)23(22(18)14-19)21-10-8-7-9-17(21)5;1-3-7-11-9(5-1)10-6-2-4-8-12(10)13-11;;;/h7-16H,6H2,1-5H3;1-7H;2*1H;/q2*-1;;;+4/p-2.